The molecule has 3 nitrogen and oxygen atoms in total. The largest absolute Gasteiger partial charge is 0.346 e. The Hall–Kier alpha value is -1.71. The molecule has 0 heterocycles. The van der Waals surface area contributed by atoms with Gasteiger partial charge < -0.3 is 5.32 Å². The molecule has 1 N–H and O–H groups in total. The van der Waals surface area contributed by atoms with E-state index in [9.17, 15) is 14.0 Å². The fraction of sp³-hybridized carbons (Fsp3) is 0.385. The van der Waals surface area contributed by atoms with Crippen LogP contribution in [0.4, 0.5) is 4.39 Å². The number of carbonyl (C=O) groups excluding carboxylic acids is 2. The molecule has 4 heteroatoms. The van der Waals surface area contributed by atoms with Gasteiger partial charge in [0.25, 0.3) is 0 Å². The van der Waals surface area contributed by atoms with Crippen molar-refractivity contribution in [2.45, 2.75) is 32.7 Å². The first kappa shape index (κ1) is 13.4. The summed E-state index contributed by atoms with van der Waals surface area (Å²) in [7, 11) is 0. The third-order valence-electron chi connectivity index (χ3n) is 2.46. The number of halogens is 1. The molecule has 1 amide bonds. The predicted molar refractivity (Wildman–Crippen MR) is 63.0 cm³/mol. The summed E-state index contributed by atoms with van der Waals surface area (Å²) in [6.45, 7) is 3.40. The highest BCUT2D eigenvalue weighted by Crippen LogP contribution is 2.04. The number of hydrogen-bond acceptors (Lipinski definition) is 2. The van der Waals surface area contributed by atoms with E-state index in [4.69, 9.17) is 0 Å². The van der Waals surface area contributed by atoms with E-state index >= 15 is 0 Å². The summed E-state index contributed by atoms with van der Waals surface area (Å²) in [4.78, 5) is 22.8. The van der Waals surface area contributed by atoms with Gasteiger partial charge in [-0.15, -0.1) is 0 Å². The number of carbonyl (C=O) groups is 2. The maximum absolute atomic E-state index is 12.9. The van der Waals surface area contributed by atoms with Crippen molar-refractivity contribution in [3.63, 3.8) is 0 Å². The van der Waals surface area contributed by atoms with Gasteiger partial charge in [-0.2, -0.15) is 0 Å². The lowest BCUT2D eigenvalue weighted by atomic mass is 10.1. The van der Waals surface area contributed by atoms with Crippen LogP contribution in [0.1, 0.15) is 25.8 Å². The summed E-state index contributed by atoms with van der Waals surface area (Å²) in [5.41, 5.74) is 0.596. The van der Waals surface area contributed by atoms with E-state index in [-0.39, 0.29) is 23.9 Å². The molecule has 1 aromatic carbocycles. The Morgan fingerprint density at radius 2 is 2.12 bits per heavy atom. The Morgan fingerprint density at radius 1 is 1.41 bits per heavy atom. The highest BCUT2D eigenvalue weighted by Gasteiger charge is 2.13. The minimum atomic E-state index is -0.485. The summed E-state index contributed by atoms with van der Waals surface area (Å²) in [6.07, 6.45) is 0.473. The van der Waals surface area contributed by atoms with Crippen LogP contribution in [0.5, 0.6) is 0 Å². The number of Topliss-reactive ketones (excluding diaryl/α,β-unsaturated/α-hetero) is 1. The molecule has 1 rings (SSSR count). The van der Waals surface area contributed by atoms with E-state index in [2.05, 4.69) is 5.32 Å². The van der Waals surface area contributed by atoms with Crippen LogP contribution in [-0.4, -0.2) is 17.7 Å². The first-order valence-corrected chi connectivity index (χ1v) is 5.59. The Kier molecular flexibility index (Phi) is 4.82. The minimum Gasteiger partial charge on any atom is -0.346 e. The van der Waals surface area contributed by atoms with Crippen LogP contribution in [-0.2, 0) is 16.0 Å². The molecule has 17 heavy (non-hydrogen) atoms. The normalized spacial score (nSPS) is 11.9. The van der Waals surface area contributed by atoms with Crippen LogP contribution < -0.4 is 5.32 Å². The van der Waals surface area contributed by atoms with E-state index in [1.54, 1.807) is 26.0 Å². The Bertz CT molecular complexity index is 418. The van der Waals surface area contributed by atoms with Crippen LogP contribution >= 0.6 is 0 Å². The van der Waals surface area contributed by atoms with Gasteiger partial charge in [0.2, 0.25) is 5.91 Å². The van der Waals surface area contributed by atoms with Crippen molar-refractivity contribution in [2.24, 2.45) is 0 Å². The smallest absolute Gasteiger partial charge is 0.224 e. The van der Waals surface area contributed by atoms with Gasteiger partial charge in [-0.3, -0.25) is 9.59 Å². The van der Waals surface area contributed by atoms with Crippen molar-refractivity contribution in [3.8, 4) is 0 Å². The first-order chi connectivity index (χ1) is 8.02. The fourth-order valence-corrected chi connectivity index (χ4v) is 1.51. The molecule has 0 radical (unpaired) electrons. The lowest BCUT2D eigenvalue weighted by Gasteiger charge is -2.11. The van der Waals surface area contributed by atoms with Gasteiger partial charge in [-0.05, 0) is 24.6 Å². The third-order valence-corrected chi connectivity index (χ3v) is 2.46. The fourth-order valence-electron chi connectivity index (χ4n) is 1.51. The van der Waals surface area contributed by atoms with Crippen molar-refractivity contribution in [2.75, 3.05) is 0 Å². The van der Waals surface area contributed by atoms with Crippen molar-refractivity contribution in [1.82, 2.24) is 5.32 Å². The molecule has 1 unspecified atom stereocenters. The van der Waals surface area contributed by atoms with Crippen LogP contribution in [0, 0.1) is 5.82 Å². The van der Waals surface area contributed by atoms with Gasteiger partial charge in [0.05, 0.1) is 12.5 Å². The Morgan fingerprint density at radius 3 is 2.71 bits per heavy atom. The number of benzene rings is 1. The van der Waals surface area contributed by atoms with Crippen LogP contribution in [0.25, 0.3) is 0 Å². The molecule has 0 saturated heterocycles. The van der Waals surface area contributed by atoms with E-state index < -0.39 is 6.04 Å². The number of hydrogen-bond donors (Lipinski definition) is 1. The topological polar surface area (TPSA) is 46.2 Å². The van der Waals surface area contributed by atoms with E-state index in [1.807, 2.05) is 0 Å². The van der Waals surface area contributed by atoms with E-state index in [0.717, 1.165) is 0 Å². The number of nitrogens with one attached hydrogen (secondary N) is 1. The average Bonchev–Trinajstić information content (AvgIpc) is 2.27. The molecule has 0 spiro atoms. The van der Waals surface area contributed by atoms with Gasteiger partial charge in [0.1, 0.15) is 5.82 Å². The van der Waals surface area contributed by atoms with E-state index in [1.165, 1.54) is 12.1 Å². The molecule has 92 valence electrons. The van der Waals surface area contributed by atoms with Crippen LogP contribution in [0.2, 0.25) is 0 Å². The van der Waals surface area contributed by atoms with Crippen molar-refractivity contribution in [1.29, 1.82) is 0 Å². The average molecular weight is 237 g/mol. The molecule has 0 aliphatic carbocycles. The molecule has 0 fully saturated rings. The first-order valence-electron chi connectivity index (χ1n) is 5.59. The number of amides is 1. The molecule has 0 aromatic heterocycles. The Balaban J connectivity index is 2.53. The number of rotatable bonds is 5. The maximum Gasteiger partial charge on any atom is 0.224 e. The standard InChI is InChI=1S/C13H16FNO2/c1-3-12(16)9(2)15-13(17)8-10-5-4-6-11(14)7-10/h4-7,9H,3,8H2,1-2H3,(H,15,17). The summed E-state index contributed by atoms with van der Waals surface area (Å²) in [5, 5.41) is 2.59. The van der Waals surface area contributed by atoms with E-state index in [0.29, 0.717) is 12.0 Å². The SMILES string of the molecule is CCC(=O)C(C)NC(=O)Cc1cccc(F)c1. The van der Waals surface area contributed by atoms with Crippen molar-refractivity contribution in [3.05, 3.63) is 35.6 Å². The zero-order valence-electron chi connectivity index (χ0n) is 10.00. The molecule has 0 bridgehead atoms. The van der Waals surface area contributed by atoms with Crippen molar-refractivity contribution < 1.29 is 14.0 Å². The molecule has 0 aliphatic rings. The second-order valence-electron chi connectivity index (χ2n) is 3.92. The van der Waals surface area contributed by atoms with Gasteiger partial charge in [0, 0.05) is 6.42 Å². The highest BCUT2D eigenvalue weighted by molar-refractivity contribution is 5.89. The number of ketones is 1. The second-order valence-corrected chi connectivity index (χ2v) is 3.92. The lowest BCUT2D eigenvalue weighted by Crippen LogP contribution is -2.39. The third kappa shape index (κ3) is 4.34. The van der Waals surface area contributed by atoms with Crippen LogP contribution in [0.3, 0.4) is 0 Å². The summed E-state index contributed by atoms with van der Waals surface area (Å²) in [6, 6.07) is 5.38. The lowest BCUT2D eigenvalue weighted by molar-refractivity contribution is -0.126. The van der Waals surface area contributed by atoms with Gasteiger partial charge in [-0.25, -0.2) is 4.39 Å². The monoisotopic (exact) mass is 237 g/mol. The van der Waals surface area contributed by atoms with Gasteiger partial charge in [-0.1, -0.05) is 19.1 Å². The zero-order chi connectivity index (χ0) is 12.8. The summed E-state index contributed by atoms with van der Waals surface area (Å²) in [5.74, 6) is -0.657. The second kappa shape index (κ2) is 6.13. The molecular formula is C13H16FNO2. The quantitative estimate of drug-likeness (QED) is 0.849. The van der Waals surface area contributed by atoms with Gasteiger partial charge >= 0.3 is 0 Å². The van der Waals surface area contributed by atoms with Crippen LogP contribution in [0.15, 0.2) is 24.3 Å². The summed E-state index contributed by atoms with van der Waals surface area (Å²) >= 11 is 0. The molecular weight excluding hydrogens is 221 g/mol. The minimum absolute atomic E-state index is 0.0161. The Labute approximate surface area is 100 Å². The predicted octanol–water partition coefficient (Wildman–Crippen LogP) is 1.85. The molecule has 1 aromatic rings. The summed E-state index contributed by atoms with van der Waals surface area (Å²) < 4.78 is 12.9. The molecule has 1 atom stereocenters. The molecule has 0 aliphatic heterocycles. The molecule has 0 saturated carbocycles. The van der Waals surface area contributed by atoms with Gasteiger partial charge in [0.15, 0.2) is 5.78 Å². The maximum atomic E-state index is 12.9. The highest BCUT2D eigenvalue weighted by atomic mass is 19.1. The van der Waals surface area contributed by atoms with Crippen molar-refractivity contribution >= 4 is 11.7 Å². The zero-order valence-corrected chi connectivity index (χ0v) is 10.00.